The molecule has 0 aliphatic rings. The summed E-state index contributed by atoms with van der Waals surface area (Å²) >= 11 is 4.39. The predicted octanol–water partition coefficient (Wildman–Crippen LogP) is 2.35. The minimum atomic E-state index is -0.129. The van der Waals surface area contributed by atoms with Crippen molar-refractivity contribution in [1.82, 2.24) is 0 Å². The summed E-state index contributed by atoms with van der Waals surface area (Å²) in [6.45, 7) is 0. The van der Waals surface area contributed by atoms with Gasteiger partial charge in [0, 0.05) is 0 Å². The van der Waals surface area contributed by atoms with Crippen LogP contribution in [0.1, 0.15) is 19.3 Å². The van der Waals surface area contributed by atoms with E-state index in [2.05, 4.69) is 22.6 Å². The molecule has 1 N–H and O–H groups in total. The molecule has 0 aromatic rings. The van der Waals surface area contributed by atoms with Crippen molar-refractivity contribution >= 4 is 45.2 Å². The summed E-state index contributed by atoms with van der Waals surface area (Å²) in [5.41, 5.74) is 0. The largest absolute Gasteiger partial charge is 0.383 e. The molecular weight excluding hydrogens is 330 g/mol. The first-order valence-electron chi connectivity index (χ1n) is 2.65. The molecule has 0 aliphatic carbocycles. The van der Waals surface area contributed by atoms with E-state index in [1.807, 2.05) is 22.6 Å². The molecule has 1 unspecified atom stereocenters. The zero-order valence-electron chi connectivity index (χ0n) is 4.61. The van der Waals surface area contributed by atoms with Gasteiger partial charge in [-0.1, -0.05) is 45.2 Å². The van der Waals surface area contributed by atoms with E-state index in [0.29, 0.717) is 0 Å². The highest BCUT2D eigenvalue weighted by Gasteiger charge is 1.94. The molecular formula is C5H10I2O. The van der Waals surface area contributed by atoms with Crippen molar-refractivity contribution in [3.8, 4) is 0 Å². The van der Waals surface area contributed by atoms with Gasteiger partial charge >= 0.3 is 0 Å². The maximum Gasteiger partial charge on any atom is 0.105 e. The molecule has 0 amide bonds. The first-order valence-corrected chi connectivity index (χ1v) is 5.42. The third-order valence-electron chi connectivity index (χ3n) is 0.826. The van der Waals surface area contributed by atoms with Crippen LogP contribution >= 0.6 is 45.2 Å². The van der Waals surface area contributed by atoms with E-state index in [-0.39, 0.29) is 4.11 Å². The molecule has 0 fully saturated rings. The summed E-state index contributed by atoms with van der Waals surface area (Å²) in [5.74, 6) is 0. The highest BCUT2D eigenvalue weighted by molar-refractivity contribution is 14.1. The summed E-state index contributed by atoms with van der Waals surface area (Å²) in [6, 6.07) is 0. The van der Waals surface area contributed by atoms with Crippen molar-refractivity contribution in [2.45, 2.75) is 23.4 Å². The smallest absolute Gasteiger partial charge is 0.105 e. The summed E-state index contributed by atoms with van der Waals surface area (Å²) < 4.78 is 1.08. The number of rotatable bonds is 4. The van der Waals surface area contributed by atoms with Crippen LogP contribution in [0.2, 0.25) is 0 Å². The van der Waals surface area contributed by atoms with Gasteiger partial charge in [0.1, 0.15) is 4.11 Å². The van der Waals surface area contributed by atoms with Crippen LogP contribution in [0.4, 0.5) is 0 Å². The van der Waals surface area contributed by atoms with Crippen LogP contribution in [-0.4, -0.2) is 13.6 Å². The number of aliphatic hydroxyl groups is 1. The fraction of sp³-hybridized carbons (Fsp3) is 1.00. The number of aliphatic hydroxyl groups excluding tert-OH is 1. The van der Waals surface area contributed by atoms with Crippen molar-refractivity contribution in [2.24, 2.45) is 0 Å². The van der Waals surface area contributed by atoms with Gasteiger partial charge in [-0.05, 0) is 23.7 Å². The fourth-order valence-electron chi connectivity index (χ4n) is 0.407. The van der Waals surface area contributed by atoms with E-state index >= 15 is 0 Å². The normalized spacial score (nSPS) is 13.9. The van der Waals surface area contributed by atoms with E-state index in [0.717, 1.165) is 12.8 Å². The molecule has 0 saturated heterocycles. The number of hydrogen-bond donors (Lipinski definition) is 1. The van der Waals surface area contributed by atoms with Gasteiger partial charge in [-0.15, -0.1) is 0 Å². The van der Waals surface area contributed by atoms with E-state index in [1.165, 1.54) is 10.8 Å². The molecule has 0 rings (SSSR count). The topological polar surface area (TPSA) is 20.2 Å². The Morgan fingerprint density at radius 2 is 2.00 bits per heavy atom. The Balaban J connectivity index is 2.72. The van der Waals surface area contributed by atoms with Crippen LogP contribution in [0.3, 0.4) is 0 Å². The number of halogens is 2. The second-order valence-corrected chi connectivity index (χ2v) is 4.14. The molecule has 8 heavy (non-hydrogen) atoms. The molecule has 0 radical (unpaired) electrons. The molecule has 0 spiro atoms. The van der Waals surface area contributed by atoms with Gasteiger partial charge in [0.2, 0.25) is 0 Å². The van der Waals surface area contributed by atoms with Gasteiger partial charge < -0.3 is 5.11 Å². The molecule has 0 aromatic carbocycles. The van der Waals surface area contributed by atoms with Gasteiger partial charge in [-0.3, -0.25) is 0 Å². The molecule has 1 nitrogen and oxygen atoms in total. The molecule has 0 saturated carbocycles. The first kappa shape index (κ1) is 9.42. The maximum atomic E-state index is 8.76. The third kappa shape index (κ3) is 7.42. The van der Waals surface area contributed by atoms with Crippen LogP contribution in [-0.2, 0) is 0 Å². The van der Waals surface area contributed by atoms with Gasteiger partial charge in [0.25, 0.3) is 0 Å². The minimum Gasteiger partial charge on any atom is -0.383 e. The minimum absolute atomic E-state index is 0.129. The second-order valence-electron chi connectivity index (χ2n) is 1.62. The summed E-state index contributed by atoms with van der Waals surface area (Å²) in [5, 5.41) is 8.76. The van der Waals surface area contributed by atoms with E-state index in [4.69, 9.17) is 5.11 Å². The van der Waals surface area contributed by atoms with Crippen LogP contribution in [0.25, 0.3) is 0 Å². The molecule has 0 aromatic heterocycles. The van der Waals surface area contributed by atoms with Crippen LogP contribution in [0.5, 0.6) is 0 Å². The van der Waals surface area contributed by atoms with Gasteiger partial charge in [0.05, 0.1) is 0 Å². The van der Waals surface area contributed by atoms with Crippen molar-refractivity contribution in [2.75, 3.05) is 4.43 Å². The molecule has 1 atom stereocenters. The summed E-state index contributed by atoms with van der Waals surface area (Å²) in [4.78, 5) is 0. The highest BCUT2D eigenvalue weighted by Crippen LogP contribution is 2.07. The lowest BCUT2D eigenvalue weighted by Crippen LogP contribution is -1.93. The number of hydrogen-bond acceptors (Lipinski definition) is 1. The van der Waals surface area contributed by atoms with Crippen molar-refractivity contribution in [3.63, 3.8) is 0 Å². The number of unbranched alkanes of at least 4 members (excludes halogenated alkanes) is 1. The summed E-state index contributed by atoms with van der Waals surface area (Å²) in [7, 11) is 0. The van der Waals surface area contributed by atoms with Gasteiger partial charge in [-0.25, -0.2) is 0 Å². The van der Waals surface area contributed by atoms with Gasteiger partial charge in [-0.2, -0.15) is 0 Å². The Kier molecular flexibility index (Phi) is 7.70. The molecule has 0 aliphatic heterocycles. The highest BCUT2D eigenvalue weighted by atomic mass is 127. The van der Waals surface area contributed by atoms with Gasteiger partial charge in [0.15, 0.2) is 0 Å². The van der Waals surface area contributed by atoms with Crippen LogP contribution in [0, 0.1) is 0 Å². The Morgan fingerprint density at radius 1 is 1.38 bits per heavy atom. The first-order chi connectivity index (χ1) is 3.77. The lowest BCUT2D eigenvalue weighted by Gasteiger charge is -1.98. The second kappa shape index (κ2) is 6.54. The van der Waals surface area contributed by atoms with Crippen molar-refractivity contribution in [1.29, 1.82) is 0 Å². The molecule has 0 bridgehead atoms. The Hall–Kier alpha value is 1.42. The van der Waals surface area contributed by atoms with Crippen molar-refractivity contribution in [3.05, 3.63) is 0 Å². The number of alkyl halides is 2. The molecule has 0 heterocycles. The lowest BCUT2D eigenvalue weighted by atomic mass is 10.3. The molecule has 50 valence electrons. The monoisotopic (exact) mass is 340 g/mol. The average Bonchev–Trinajstić information content (AvgIpc) is 1.66. The standard InChI is InChI=1S/C5H10I2O/c6-4-2-1-3-5(7)8/h5,8H,1-4H2. The lowest BCUT2D eigenvalue weighted by molar-refractivity contribution is 0.265. The van der Waals surface area contributed by atoms with E-state index < -0.39 is 0 Å². The Morgan fingerprint density at radius 3 is 2.38 bits per heavy atom. The molecule has 3 heteroatoms. The van der Waals surface area contributed by atoms with E-state index in [9.17, 15) is 0 Å². The van der Waals surface area contributed by atoms with Crippen LogP contribution < -0.4 is 0 Å². The predicted molar refractivity (Wildman–Crippen MR) is 52.8 cm³/mol. The fourth-order valence-corrected chi connectivity index (χ4v) is 1.39. The SMILES string of the molecule is OC(I)CCCCI. The maximum absolute atomic E-state index is 8.76. The van der Waals surface area contributed by atoms with E-state index in [1.54, 1.807) is 0 Å². The van der Waals surface area contributed by atoms with Crippen LogP contribution in [0.15, 0.2) is 0 Å². The Bertz CT molecular complexity index is 47.7. The zero-order chi connectivity index (χ0) is 6.41. The quantitative estimate of drug-likeness (QED) is 0.473. The zero-order valence-corrected chi connectivity index (χ0v) is 8.92. The summed E-state index contributed by atoms with van der Waals surface area (Å²) in [6.07, 6.45) is 3.34. The Labute approximate surface area is 77.5 Å². The third-order valence-corrected chi connectivity index (χ3v) is 2.21. The van der Waals surface area contributed by atoms with Crippen molar-refractivity contribution < 1.29 is 5.11 Å². The average molecular weight is 340 g/mol.